The van der Waals surface area contributed by atoms with E-state index in [9.17, 15) is 37.1 Å². The average Bonchev–Trinajstić information content (AvgIpc) is 2.94. The summed E-state index contributed by atoms with van der Waals surface area (Å²) in [6.45, 7) is 6.15. The Bertz CT molecular complexity index is 1070. The van der Waals surface area contributed by atoms with Crippen molar-refractivity contribution in [2.45, 2.75) is 121 Å². The van der Waals surface area contributed by atoms with Crippen LogP contribution in [0.5, 0.6) is 0 Å². The Hall–Kier alpha value is -1.11. The minimum absolute atomic E-state index is 0.00277. The Morgan fingerprint density at radius 3 is 1.91 bits per heavy atom. The number of ether oxygens (including phenoxy) is 1. The molecule has 1 atom stereocenters. The lowest BCUT2D eigenvalue weighted by Gasteiger charge is -2.49. The Labute approximate surface area is 273 Å². The molecule has 1 unspecified atom stereocenters. The van der Waals surface area contributed by atoms with E-state index >= 15 is 0 Å². The molecular formula is C30H49BrF3N2O6PS. The molecular weight excluding hydrogens is 684 g/mol. The van der Waals surface area contributed by atoms with Crippen molar-refractivity contribution in [2.75, 3.05) is 26.2 Å². The van der Waals surface area contributed by atoms with Crippen LogP contribution in [0.3, 0.4) is 0 Å². The van der Waals surface area contributed by atoms with Crippen molar-refractivity contribution in [3.05, 3.63) is 28.2 Å². The van der Waals surface area contributed by atoms with E-state index in [0.29, 0.717) is 53.9 Å². The molecule has 0 saturated heterocycles. The Morgan fingerprint density at radius 1 is 0.909 bits per heavy atom. The number of carbonyl (C=O) groups is 2. The van der Waals surface area contributed by atoms with Crippen molar-refractivity contribution in [1.82, 2.24) is 9.80 Å². The van der Waals surface area contributed by atoms with Gasteiger partial charge >= 0.3 is 25.6 Å². The number of esters is 1. The molecule has 44 heavy (non-hydrogen) atoms. The smallest absolute Gasteiger partial charge is 0.464 e. The summed E-state index contributed by atoms with van der Waals surface area (Å²) in [5.41, 5.74) is 0.668. The van der Waals surface area contributed by atoms with Crippen LogP contribution in [0.1, 0.15) is 103 Å². The van der Waals surface area contributed by atoms with Crippen molar-refractivity contribution < 1.29 is 41.8 Å². The lowest BCUT2D eigenvalue weighted by molar-refractivity contribution is -0.192. The van der Waals surface area contributed by atoms with Crippen LogP contribution < -0.4 is 0 Å². The van der Waals surface area contributed by atoms with E-state index in [1.54, 1.807) is 19.1 Å². The number of rotatable bonds is 22. The van der Waals surface area contributed by atoms with Gasteiger partial charge in [-0.3, -0.25) is 24.0 Å². The number of thioether (sulfide) groups is 1. The van der Waals surface area contributed by atoms with Crippen LogP contribution in [0, 0.1) is 6.92 Å². The molecule has 0 aromatic heterocycles. The normalized spacial score (nSPS) is 13.6. The van der Waals surface area contributed by atoms with Crippen LogP contribution in [-0.2, 0) is 18.9 Å². The maximum Gasteiger partial charge on any atom is 0.471 e. The number of nitrogens with zero attached hydrogens (tertiary/aromatic N) is 2. The maximum absolute atomic E-state index is 14.2. The van der Waals surface area contributed by atoms with E-state index in [2.05, 4.69) is 22.9 Å². The summed E-state index contributed by atoms with van der Waals surface area (Å²) in [7, 11) is -5.65. The van der Waals surface area contributed by atoms with Crippen molar-refractivity contribution in [3.8, 4) is 0 Å². The van der Waals surface area contributed by atoms with Crippen molar-refractivity contribution in [3.63, 3.8) is 0 Å². The molecule has 14 heteroatoms. The molecule has 2 N–H and O–H groups in total. The average molecular weight is 734 g/mol. The van der Waals surface area contributed by atoms with E-state index < -0.39 is 36.9 Å². The van der Waals surface area contributed by atoms with Gasteiger partial charge < -0.3 is 14.5 Å². The van der Waals surface area contributed by atoms with Crippen molar-refractivity contribution in [2.24, 2.45) is 0 Å². The number of aryl methyl sites for hydroxylation is 1. The Balaban J connectivity index is 3.53. The van der Waals surface area contributed by atoms with Gasteiger partial charge in [-0.1, -0.05) is 106 Å². The molecule has 0 aliphatic carbocycles. The van der Waals surface area contributed by atoms with Gasteiger partial charge in [0.25, 0.3) is 4.74 Å². The molecule has 1 aromatic rings. The molecule has 0 fully saturated rings. The van der Waals surface area contributed by atoms with Crippen LogP contribution >= 0.6 is 35.3 Å². The van der Waals surface area contributed by atoms with E-state index in [-0.39, 0.29) is 29.5 Å². The van der Waals surface area contributed by atoms with E-state index in [1.807, 2.05) is 13.8 Å². The maximum atomic E-state index is 14.2. The fourth-order valence-corrected chi connectivity index (χ4v) is 8.03. The number of unbranched alkanes of at least 4 members (excludes halogenated alkanes) is 9. The summed E-state index contributed by atoms with van der Waals surface area (Å²) >= 11 is 3.81. The van der Waals surface area contributed by atoms with E-state index in [0.717, 1.165) is 38.5 Å². The molecule has 1 aromatic carbocycles. The minimum atomic E-state index is -5.65. The first-order valence-corrected chi connectivity index (χ1v) is 18.7. The van der Waals surface area contributed by atoms with Gasteiger partial charge in [-0.05, 0) is 49.9 Å². The zero-order chi connectivity index (χ0) is 33.4. The molecule has 0 bridgehead atoms. The summed E-state index contributed by atoms with van der Waals surface area (Å²) in [6, 6.07) is 4.67. The second kappa shape index (κ2) is 20.2. The highest BCUT2D eigenvalue weighted by molar-refractivity contribution is 9.10. The summed E-state index contributed by atoms with van der Waals surface area (Å²) in [5.74, 6) is -3.69. The van der Waals surface area contributed by atoms with Crippen LogP contribution in [0.25, 0.3) is 0 Å². The highest BCUT2D eigenvalue weighted by atomic mass is 79.9. The number of carbonyl (C=O) groups excluding carboxylic acids is 2. The van der Waals surface area contributed by atoms with Gasteiger partial charge in [-0.2, -0.15) is 13.2 Å². The van der Waals surface area contributed by atoms with Gasteiger partial charge in [0.15, 0.2) is 0 Å². The van der Waals surface area contributed by atoms with Gasteiger partial charge in [0.2, 0.25) is 0 Å². The molecule has 0 saturated carbocycles. The molecule has 0 spiro atoms. The van der Waals surface area contributed by atoms with Crippen LogP contribution in [0.2, 0.25) is 0 Å². The van der Waals surface area contributed by atoms with Gasteiger partial charge in [-0.25, -0.2) is 0 Å². The number of alkyl halides is 3. The highest BCUT2D eigenvalue weighted by Crippen LogP contribution is 2.63. The van der Waals surface area contributed by atoms with E-state index in [1.165, 1.54) is 17.4 Å². The zero-order valence-corrected chi connectivity index (χ0v) is 29.6. The molecule has 1 rings (SSSR count). The minimum Gasteiger partial charge on any atom is -0.464 e. The number of amides is 1. The third-order valence-corrected chi connectivity index (χ3v) is 11.5. The highest BCUT2D eigenvalue weighted by Gasteiger charge is 2.63. The van der Waals surface area contributed by atoms with Gasteiger partial charge in [-0.15, -0.1) is 0 Å². The first kappa shape index (κ1) is 40.9. The molecule has 1 amide bonds. The second-order valence-corrected chi connectivity index (χ2v) is 15.0. The molecule has 254 valence electrons. The van der Waals surface area contributed by atoms with Crippen LogP contribution in [-0.4, -0.2) is 68.6 Å². The van der Waals surface area contributed by atoms with Gasteiger partial charge in [0, 0.05) is 22.5 Å². The molecule has 8 nitrogen and oxygen atoms in total. The predicted octanol–water partition coefficient (Wildman–Crippen LogP) is 8.62. The lowest BCUT2D eigenvalue weighted by atomic mass is 10.1. The SMILES string of the molecule is CCCCCCCCCCOC(=O)CN(C(=O)C(F)(F)F)C(Sc1ccc(Br)c(C)c1)(N(CCCC)CCCC)P(=O)(O)O. The largest absolute Gasteiger partial charge is 0.471 e. The first-order valence-electron chi connectivity index (χ1n) is 15.5. The topological polar surface area (TPSA) is 107 Å². The zero-order valence-electron chi connectivity index (χ0n) is 26.3. The second-order valence-electron chi connectivity index (χ2n) is 10.9. The Morgan fingerprint density at radius 2 is 1.43 bits per heavy atom. The summed E-state index contributed by atoms with van der Waals surface area (Å²) in [6.07, 6.45) is 4.21. The Kier molecular flexibility index (Phi) is 18.8. The fourth-order valence-electron chi connectivity index (χ4n) is 4.69. The van der Waals surface area contributed by atoms with Gasteiger partial charge in [0.1, 0.15) is 6.54 Å². The summed E-state index contributed by atoms with van der Waals surface area (Å²) in [4.78, 5) is 49.4. The van der Waals surface area contributed by atoms with E-state index in [4.69, 9.17) is 4.74 Å². The number of halogens is 4. The summed E-state index contributed by atoms with van der Waals surface area (Å²) < 4.78 is 59.1. The molecule has 0 aliphatic rings. The molecule has 0 aliphatic heterocycles. The predicted molar refractivity (Wildman–Crippen MR) is 172 cm³/mol. The molecule has 0 radical (unpaired) electrons. The van der Waals surface area contributed by atoms with Gasteiger partial charge in [0.05, 0.1) is 6.61 Å². The van der Waals surface area contributed by atoms with Crippen LogP contribution in [0.4, 0.5) is 13.2 Å². The van der Waals surface area contributed by atoms with Crippen molar-refractivity contribution in [1.29, 1.82) is 0 Å². The molecule has 0 heterocycles. The van der Waals surface area contributed by atoms with Crippen LogP contribution in [0.15, 0.2) is 27.6 Å². The third kappa shape index (κ3) is 12.9. The van der Waals surface area contributed by atoms with Crippen molar-refractivity contribution >= 4 is 47.2 Å². The summed E-state index contributed by atoms with van der Waals surface area (Å²) in [5, 5.41) is 0. The number of hydrogen-bond acceptors (Lipinski definition) is 6. The number of hydrogen-bond donors (Lipinski definition) is 2. The quantitative estimate of drug-likeness (QED) is 0.0401. The standard InChI is InChI=1S/C30H49BrF3N2O6PS/c1-5-8-11-12-13-14-15-16-21-42-27(37)23-36(28(38)29(32,33)34)30(43(39,40)41,35(19-9-6-2)20-10-7-3)44-25-17-18-26(31)24(4)22-25/h17-18,22H,5-16,19-21,23H2,1-4H3,(H2,39,40,41). The first-order chi connectivity index (χ1) is 20.6. The third-order valence-electron chi connectivity index (χ3n) is 7.13. The fraction of sp³-hybridized carbons (Fsp3) is 0.733. The lowest BCUT2D eigenvalue weighted by Crippen LogP contribution is -2.64. The number of benzene rings is 1. The monoisotopic (exact) mass is 732 g/mol.